The smallest absolute Gasteiger partial charge is 0.208 e. The van der Waals surface area contributed by atoms with Crippen LogP contribution in [0.25, 0.3) is 0 Å². The maximum atomic E-state index is 11.4. The Labute approximate surface area is 108 Å². The van der Waals surface area contributed by atoms with Gasteiger partial charge < -0.3 is 9.64 Å². The molecule has 0 aromatic heterocycles. The van der Waals surface area contributed by atoms with Gasteiger partial charge in [-0.05, 0) is 13.3 Å². The first kappa shape index (κ1) is 15.2. The lowest BCUT2D eigenvalue weighted by Gasteiger charge is -2.27. The first-order chi connectivity index (χ1) is 8.39. The summed E-state index contributed by atoms with van der Waals surface area (Å²) < 4.78 is 27.9. The fourth-order valence-electron chi connectivity index (χ4n) is 1.97. The number of nitrogens with zero attached hydrogens (tertiary/aromatic N) is 2. The summed E-state index contributed by atoms with van der Waals surface area (Å²) in [6.07, 6.45) is 0.609. The van der Waals surface area contributed by atoms with Crippen LogP contribution in [0.3, 0.4) is 0 Å². The number of methoxy groups -OCH3 is 1. The van der Waals surface area contributed by atoms with Gasteiger partial charge >= 0.3 is 0 Å². The van der Waals surface area contributed by atoms with Crippen LogP contribution in [0.1, 0.15) is 13.3 Å². The van der Waals surface area contributed by atoms with Gasteiger partial charge in [-0.1, -0.05) is 0 Å². The molecule has 106 valence electrons. The first-order valence-corrected chi connectivity index (χ1v) is 7.68. The highest BCUT2D eigenvalue weighted by molar-refractivity contribution is 7.91. The number of nitrogens with two attached hydrogens (primary N) is 1. The Kier molecular flexibility index (Phi) is 5.36. The highest BCUT2D eigenvalue weighted by Crippen LogP contribution is 2.16. The molecule has 1 heterocycles. The second-order valence-electron chi connectivity index (χ2n) is 4.57. The highest BCUT2D eigenvalue weighted by atomic mass is 32.2. The van der Waals surface area contributed by atoms with E-state index in [9.17, 15) is 8.42 Å². The van der Waals surface area contributed by atoms with Gasteiger partial charge in [0.05, 0.1) is 24.2 Å². The number of hydrogen-bond acceptors (Lipinski definition) is 5. The average molecular weight is 278 g/mol. The number of guanidine groups is 1. The van der Waals surface area contributed by atoms with E-state index >= 15 is 0 Å². The van der Waals surface area contributed by atoms with Gasteiger partial charge in [-0.25, -0.2) is 19.3 Å². The highest BCUT2D eigenvalue weighted by Gasteiger charge is 2.32. The molecule has 1 aliphatic rings. The number of nitrogens with one attached hydrogen (secondary N) is 1. The van der Waals surface area contributed by atoms with Crippen molar-refractivity contribution in [1.82, 2.24) is 10.3 Å². The molecule has 0 spiro atoms. The zero-order valence-corrected chi connectivity index (χ0v) is 11.9. The Morgan fingerprint density at radius 2 is 2.33 bits per heavy atom. The van der Waals surface area contributed by atoms with E-state index in [-0.39, 0.29) is 23.6 Å². The van der Waals surface area contributed by atoms with Gasteiger partial charge in [-0.3, -0.25) is 5.43 Å². The van der Waals surface area contributed by atoms with Crippen molar-refractivity contribution < 1.29 is 13.2 Å². The Morgan fingerprint density at radius 1 is 1.67 bits per heavy atom. The molecule has 0 aliphatic carbocycles. The molecule has 1 fully saturated rings. The lowest BCUT2D eigenvalue weighted by atomic mass is 10.2. The molecule has 3 N–H and O–H groups in total. The predicted octanol–water partition coefficient (Wildman–Crippen LogP) is -1.04. The number of hydrazine groups is 1. The first-order valence-electron chi connectivity index (χ1n) is 5.86. The third-order valence-corrected chi connectivity index (χ3v) is 4.72. The summed E-state index contributed by atoms with van der Waals surface area (Å²) >= 11 is 0. The third-order valence-electron chi connectivity index (χ3n) is 2.97. The van der Waals surface area contributed by atoms with Gasteiger partial charge in [0, 0.05) is 20.2 Å². The third kappa shape index (κ3) is 4.11. The van der Waals surface area contributed by atoms with Crippen molar-refractivity contribution in [2.45, 2.75) is 25.4 Å². The van der Waals surface area contributed by atoms with Crippen LogP contribution in [0, 0.1) is 0 Å². The van der Waals surface area contributed by atoms with Crippen molar-refractivity contribution in [2.75, 3.05) is 32.3 Å². The fourth-order valence-corrected chi connectivity index (χ4v) is 3.75. The van der Waals surface area contributed by atoms with E-state index < -0.39 is 9.84 Å². The van der Waals surface area contributed by atoms with Crippen molar-refractivity contribution in [3.05, 3.63) is 0 Å². The van der Waals surface area contributed by atoms with Gasteiger partial charge in [0.2, 0.25) is 5.96 Å². The van der Waals surface area contributed by atoms with Crippen LogP contribution in [0.5, 0.6) is 0 Å². The fraction of sp³-hybridized carbons (Fsp3) is 0.900. The predicted molar refractivity (Wildman–Crippen MR) is 70.9 cm³/mol. The maximum absolute atomic E-state index is 11.4. The second-order valence-corrected chi connectivity index (χ2v) is 6.80. The molecule has 1 saturated heterocycles. The van der Waals surface area contributed by atoms with Crippen molar-refractivity contribution in [1.29, 1.82) is 0 Å². The molecule has 1 rings (SSSR count). The molecule has 8 heteroatoms. The average Bonchev–Trinajstić information content (AvgIpc) is 2.66. The van der Waals surface area contributed by atoms with E-state index in [1.165, 1.54) is 0 Å². The van der Waals surface area contributed by atoms with Crippen LogP contribution in [0.15, 0.2) is 4.99 Å². The minimum atomic E-state index is -2.91. The molecule has 0 saturated carbocycles. The van der Waals surface area contributed by atoms with E-state index in [1.54, 1.807) is 19.1 Å². The van der Waals surface area contributed by atoms with E-state index in [1.807, 2.05) is 6.92 Å². The molecule has 18 heavy (non-hydrogen) atoms. The quantitative estimate of drug-likeness (QED) is 0.295. The molecule has 0 radical (unpaired) electrons. The molecule has 2 unspecified atom stereocenters. The second kappa shape index (κ2) is 6.35. The Morgan fingerprint density at radius 3 is 2.78 bits per heavy atom. The molecule has 1 aliphatic heterocycles. The summed E-state index contributed by atoms with van der Waals surface area (Å²) in [5, 5.41) is 0. The maximum Gasteiger partial charge on any atom is 0.208 e. The van der Waals surface area contributed by atoms with Crippen molar-refractivity contribution in [3.63, 3.8) is 0 Å². The number of hydrogen-bond donors (Lipinski definition) is 2. The number of sulfone groups is 1. The van der Waals surface area contributed by atoms with E-state index in [2.05, 4.69) is 10.4 Å². The molecule has 0 bridgehead atoms. The summed E-state index contributed by atoms with van der Waals surface area (Å²) in [4.78, 5) is 6.15. The molecular weight excluding hydrogens is 256 g/mol. The minimum absolute atomic E-state index is 0.0403. The normalized spacial score (nSPS) is 24.9. The largest absolute Gasteiger partial charge is 0.382 e. The lowest BCUT2D eigenvalue weighted by Crippen LogP contribution is -2.48. The molecule has 0 amide bonds. The van der Waals surface area contributed by atoms with Gasteiger partial charge in [0.1, 0.15) is 0 Å². The summed E-state index contributed by atoms with van der Waals surface area (Å²) in [7, 11) is 0.490. The van der Waals surface area contributed by atoms with Gasteiger partial charge in [-0.2, -0.15) is 0 Å². The van der Waals surface area contributed by atoms with Crippen molar-refractivity contribution >= 4 is 15.8 Å². The van der Waals surface area contributed by atoms with E-state index in [4.69, 9.17) is 10.6 Å². The van der Waals surface area contributed by atoms with Crippen molar-refractivity contribution in [2.24, 2.45) is 10.8 Å². The SMILES string of the molecule is COCC(C)N=C(NN)N(C)C1CCS(=O)(=O)C1. The number of aliphatic imine (C=N–C) groups is 1. The van der Waals surface area contributed by atoms with Crippen LogP contribution in [-0.2, 0) is 14.6 Å². The van der Waals surface area contributed by atoms with Crippen LogP contribution in [-0.4, -0.2) is 63.6 Å². The summed E-state index contributed by atoms with van der Waals surface area (Å²) in [5.41, 5.74) is 2.52. The van der Waals surface area contributed by atoms with E-state index in [0.717, 1.165) is 0 Å². The van der Waals surface area contributed by atoms with Crippen molar-refractivity contribution in [3.8, 4) is 0 Å². The van der Waals surface area contributed by atoms with Gasteiger partial charge in [-0.15, -0.1) is 0 Å². The molecule has 2 atom stereocenters. The Bertz CT molecular complexity index is 396. The van der Waals surface area contributed by atoms with Crippen LogP contribution in [0.2, 0.25) is 0 Å². The zero-order chi connectivity index (χ0) is 13.8. The molecular formula is C10H22N4O3S. The Balaban J connectivity index is 2.71. The summed E-state index contributed by atoms with van der Waals surface area (Å²) in [5.74, 6) is 6.31. The number of rotatable bonds is 4. The molecule has 7 nitrogen and oxygen atoms in total. The van der Waals surface area contributed by atoms with Crippen LogP contribution in [0.4, 0.5) is 0 Å². The van der Waals surface area contributed by atoms with Gasteiger partial charge in [0.25, 0.3) is 0 Å². The summed E-state index contributed by atoms with van der Waals surface area (Å²) in [6, 6.07) is -0.110. The minimum Gasteiger partial charge on any atom is -0.382 e. The lowest BCUT2D eigenvalue weighted by molar-refractivity contribution is 0.185. The van der Waals surface area contributed by atoms with Gasteiger partial charge in [0.15, 0.2) is 9.84 Å². The van der Waals surface area contributed by atoms with Crippen LogP contribution < -0.4 is 11.3 Å². The standard InChI is InChI=1S/C10H22N4O3S/c1-8(6-17-3)12-10(13-11)14(2)9-4-5-18(15,16)7-9/h8-9H,4-7,11H2,1-3H3,(H,12,13). The number of ether oxygens (including phenoxy) is 1. The monoisotopic (exact) mass is 278 g/mol. The zero-order valence-electron chi connectivity index (χ0n) is 11.1. The van der Waals surface area contributed by atoms with Crippen LogP contribution >= 0.6 is 0 Å². The molecule has 0 aromatic carbocycles. The topological polar surface area (TPSA) is 97.0 Å². The van der Waals surface area contributed by atoms with E-state index in [0.29, 0.717) is 19.0 Å². The Hall–Kier alpha value is -0.860. The molecule has 0 aromatic rings. The summed E-state index contributed by atoms with van der Waals surface area (Å²) in [6.45, 7) is 2.39.